The third-order valence-electron chi connectivity index (χ3n) is 3.93. The van der Waals surface area contributed by atoms with Crippen LogP contribution >= 0.6 is 0 Å². The molecule has 0 amide bonds. The Morgan fingerprint density at radius 2 is 2.19 bits per heavy atom. The van der Waals surface area contributed by atoms with E-state index in [9.17, 15) is 4.79 Å². The van der Waals surface area contributed by atoms with Gasteiger partial charge in [-0.05, 0) is 31.1 Å². The molecular formula is C12H15NO3. The largest absolute Gasteiger partial charge is 0.475 e. The van der Waals surface area contributed by atoms with Crippen molar-refractivity contribution in [1.82, 2.24) is 4.98 Å². The molecule has 0 spiro atoms. The molecule has 86 valence electrons. The molecule has 2 unspecified atom stereocenters. The van der Waals surface area contributed by atoms with Gasteiger partial charge in [-0.2, -0.15) is 0 Å². The molecule has 2 atom stereocenters. The molecule has 1 heterocycles. The van der Waals surface area contributed by atoms with Crippen molar-refractivity contribution >= 4 is 5.97 Å². The summed E-state index contributed by atoms with van der Waals surface area (Å²) in [5.74, 6) is 1.55. The molecule has 4 heteroatoms. The maximum absolute atomic E-state index is 10.9. The Balaban J connectivity index is 1.89. The molecule has 0 bridgehead atoms. The van der Waals surface area contributed by atoms with Gasteiger partial charge in [-0.3, -0.25) is 0 Å². The predicted molar refractivity (Wildman–Crippen MR) is 56.4 cm³/mol. The highest BCUT2D eigenvalue weighted by atomic mass is 16.4. The first-order valence-electron chi connectivity index (χ1n) is 5.95. The first kappa shape index (κ1) is 9.87. The summed E-state index contributed by atoms with van der Waals surface area (Å²) in [5.41, 5.74) is 0.590. The number of carboxylic acid groups (broad SMARTS) is 1. The lowest BCUT2D eigenvalue weighted by Gasteiger charge is -1.96. The molecular weight excluding hydrogens is 206 g/mol. The number of aryl methyl sites for hydroxylation is 1. The average molecular weight is 221 g/mol. The summed E-state index contributed by atoms with van der Waals surface area (Å²) < 4.78 is 5.42. The molecule has 2 aliphatic rings. The maximum atomic E-state index is 10.9. The third-order valence-corrected chi connectivity index (χ3v) is 3.93. The number of oxazole rings is 1. The molecule has 0 saturated heterocycles. The summed E-state index contributed by atoms with van der Waals surface area (Å²) in [6.45, 7) is 1.90. The minimum Gasteiger partial charge on any atom is -0.475 e. The van der Waals surface area contributed by atoms with Crippen LogP contribution in [0.15, 0.2) is 4.42 Å². The van der Waals surface area contributed by atoms with Gasteiger partial charge < -0.3 is 9.52 Å². The van der Waals surface area contributed by atoms with E-state index < -0.39 is 5.97 Å². The van der Waals surface area contributed by atoms with E-state index >= 15 is 0 Å². The number of aromatic nitrogens is 1. The molecule has 1 aromatic rings. The summed E-state index contributed by atoms with van der Waals surface area (Å²) in [5, 5.41) is 8.98. The van der Waals surface area contributed by atoms with Crippen LogP contribution in [0, 0.1) is 11.8 Å². The van der Waals surface area contributed by atoms with Gasteiger partial charge in [0.2, 0.25) is 5.76 Å². The summed E-state index contributed by atoms with van der Waals surface area (Å²) in [4.78, 5) is 15.3. The first-order valence-corrected chi connectivity index (χ1v) is 5.95. The van der Waals surface area contributed by atoms with Crippen molar-refractivity contribution in [3.8, 4) is 0 Å². The summed E-state index contributed by atoms with van der Waals surface area (Å²) in [6, 6.07) is 0. The minimum absolute atomic E-state index is 0.0440. The molecule has 2 aliphatic carbocycles. The Bertz CT molecular complexity index is 427. The van der Waals surface area contributed by atoms with E-state index in [0.717, 1.165) is 0 Å². The summed E-state index contributed by atoms with van der Waals surface area (Å²) in [6.07, 6.45) is 4.43. The van der Waals surface area contributed by atoms with Crippen LogP contribution in [0.2, 0.25) is 0 Å². The van der Waals surface area contributed by atoms with Crippen molar-refractivity contribution in [1.29, 1.82) is 0 Å². The fourth-order valence-corrected chi connectivity index (χ4v) is 3.11. The van der Waals surface area contributed by atoms with Crippen LogP contribution in [-0.2, 0) is 6.42 Å². The van der Waals surface area contributed by atoms with Crippen molar-refractivity contribution in [2.45, 2.75) is 38.5 Å². The van der Waals surface area contributed by atoms with Gasteiger partial charge >= 0.3 is 5.97 Å². The normalized spacial score (nSPS) is 31.4. The highest BCUT2D eigenvalue weighted by Crippen LogP contribution is 2.62. The fraction of sp³-hybridized carbons (Fsp3) is 0.667. The van der Waals surface area contributed by atoms with Crippen LogP contribution in [-0.4, -0.2) is 16.1 Å². The number of carbonyl (C=O) groups is 1. The molecule has 1 aromatic heterocycles. The van der Waals surface area contributed by atoms with Gasteiger partial charge in [0.05, 0.1) is 5.69 Å². The lowest BCUT2D eigenvalue weighted by Crippen LogP contribution is -1.98. The Labute approximate surface area is 93.7 Å². The van der Waals surface area contributed by atoms with Crippen LogP contribution in [0.4, 0.5) is 0 Å². The number of aromatic carboxylic acids is 1. The van der Waals surface area contributed by atoms with Gasteiger partial charge in [0, 0.05) is 5.92 Å². The molecule has 16 heavy (non-hydrogen) atoms. The standard InChI is InChI=1S/C12H15NO3/c1-2-8-10(12(14)15)16-11(13-8)9-6-4-3-5-7(6)9/h6-7,9H,2-5H2,1H3,(H,14,15). The summed E-state index contributed by atoms with van der Waals surface area (Å²) in [7, 11) is 0. The predicted octanol–water partition coefficient (Wildman–Crippen LogP) is 2.45. The molecule has 0 aliphatic heterocycles. The third kappa shape index (κ3) is 1.29. The van der Waals surface area contributed by atoms with Crippen molar-refractivity contribution in [3.63, 3.8) is 0 Å². The first-order chi connectivity index (χ1) is 7.72. The van der Waals surface area contributed by atoms with Gasteiger partial charge in [-0.15, -0.1) is 0 Å². The minimum atomic E-state index is -0.999. The van der Waals surface area contributed by atoms with Gasteiger partial charge in [-0.1, -0.05) is 13.3 Å². The van der Waals surface area contributed by atoms with Crippen molar-refractivity contribution < 1.29 is 14.3 Å². The number of hydrogen-bond donors (Lipinski definition) is 1. The maximum Gasteiger partial charge on any atom is 0.373 e. The number of fused-ring (bicyclic) bond motifs is 1. The second kappa shape index (κ2) is 3.34. The van der Waals surface area contributed by atoms with Crippen LogP contribution < -0.4 is 0 Å². The second-order valence-electron chi connectivity index (χ2n) is 4.77. The molecule has 2 saturated carbocycles. The summed E-state index contributed by atoms with van der Waals surface area (Å²) >= 11 is 0. The highest BCUT2D eigenvalue weighted by Gasteiger charge is 2.56. The van der Waals surface area contributed by atoms with Gasteiger partial charge in [0.25, 0.3) is 0 Å². The lowest BCUT2D eigenvalue weighted by atomic mass is 10.1. The molecule has 2 fully saturated rings. The molecule has 0 aromatic carbocycles. The smallest absolute Gasteiger partial charge is 0.373 e. The van der Waals surface area contributed by atoms with E-state index in [1.807, 2.05) is 6.92 Å². The zero-order chi connectivity index (χ0) is 11.3. The van der Waals surface area contributed by atoms with E-state index in [1.54, 1.807) is 0 Å². The number of rotatable bonds is 3. The van der Waals surface area contributed by atoms with E-state index in [2.05, 4.69) is 4.98 Å². The van der Waals surface area contributed by atoms with E-state index in [1.165, 1.54) is 19.3 Å². The van der Waals surface area contributed by atoms with Crippen molar-refractivity contribution in [2.24, 2.45) is 11.8 Å². The van der Waals surface area contributed by atoms with Gasteiger partial charge in [-0.25, -0.2) is 9.78 Å². The monoisotopic (exact) mass is 221 g/mol. The molecule has 1 N–H and O–H groups in total. The Morgan fingerprint density at radius 1 is 1.50 bits per heavy atom. The van der Waals surface area contributed by atoms with Crippen LogP contribution in [0.25, 0.3) is 0 Å². The lowest BCUT2D eigenvalue weighted by molar-refractivity contribution is 0.0658. The average Bonchev–Trinajstić information content (AvgIpc) is 2.73. The van der Waals surface area contributed by atoms with Crippen LogP contribution in [0.3, 0.4) is 0 Å². The fourth-order valence-electron chi connectivity index (χ4n) is 3.11. The van der Waals surface area contributed by atoms with Gasteiger partial charge in [0.1, 0.15) is 0 Å². The highest BCUT2D eigenvalue weighted by molar-refractivity contribution is 5.85. The molecule has 0 radical (unpaired) electrons. The van der Waals surface area contributed by atoms with Crippen molar-refractivity contribution in [3.05, 3.63) is 17.3 Å². The quantitative estimate of drug-likeness (QED) is 0.851. The van der Waals surface area contributed by atoms with Crippen LogP contribution in [0.5, 0.6) is 0 Å². The second-order valence-corrected chi connectivity index (χ2v) is 4.77. The van der Waals surface area contributed by atoms with E-state index in [4.69, 9.17) is 9.52 Å². The topological polar surface area (TPSA) is 63.3 Å². The van der Waals surface area contributed by atoms with Gasteiger partial charge in [0.15, 0.2) is 5.89 Å². The van der Waals surface area contributed by atoms with E-state index in [-0.39, 0.29) is 5.76 Å². The Kier molecular flexibility index (Phi) is 2.06. The van der Waals surface area contributed by atoms with Crippen LogP contribution in [0.1, 0.15) is 54.2 Å². The molecule has 4 nitrogen and oxygen atoms in total. The molecule has 3 rings (SSSR count). The zero-order valence-corrected chi connectivity index (χ0v) is 9.27. The van der Waals surface area contributed by atoms with Crippen molar-refractivity contribution in [2.75, 3.05) is 0 Å². The zero-order valence-electron chi connectivity index (χ0n) is 9.27. The number of carboxylic acids is 1. The number of hydrogen-bond acceptors (Lipinski definition) is 3. The Hall–Kier alpha value is -1.32. The van der Waals surface area contributed by atoms with E-state index in [0.29, 0.717) is 35.8 Å². The Morgan fingerprint density at radius 3 is 2.69 bits per heavy atom. The SMILES string of the molecule is CCc1nc(C2C3CCCC32)oc1C(=O)O. The number of nitrogens with zero attached hydrogens (tertiary/aromatic N) is 1.